The number of hydrogen-bond donors (Lipinski definition) is 4. The summed E-state index contributed by atoms with van der Waals surface area (Å²) in [4.78, 5) is 13.7. The summed E-state index contributed by atoms with van der Waals surface area (Å²) in [6.07, 6.45) is 2.96. The van der Waals surface area contributed by atoms with Crippen LogP contribution in [0.4, 0.5) is 0 Å². The first kappa shape index (κ1) is 25.2. The lowest BCUT2D eigenvalue weighted by Crippen LogP contribution is -2.67. The molecule has 1 aromatic carbocycles. The van der Waals surface area contributed by atoms with Gasteiger partial charge in [0, 0.05) is 12.6 Å². The third-order valence-electron chi connectivity index (χ3n) is 4.81. The van der Waals surface area contributed by atoms with E-state index in [4.69, 9.17) is 5.73 Å². The van der Waals surface area contributed by atoms with Crippen LogP contribution in [0.1, 0.15) is 52.6 Å². The van der Waals surface area contributed by atoms with Crippen LogP contribution in [0, 0.1) is 17.2 Å². The zero-order chi connectivity index (χ0) is 22.7. The molecule has 4 atom stereocenters. The van der Waals surface area contributed by atoms with Crippen LogP contribution in [-0.2, 0) is 4.79 Å². The largest absolute Gasteiger partial charge is 0.386 e. The van der Waals surface area contributed by atoms with Crippen molar-refractivity contribution in [3.8, 4) is 6.07 Å². The minimum atomic E-state index is -1.21. The minimum absolute atomic E-state index is 0.160. The van der Waals surface area contributed by atoms with E-state index in [-0.39, 0.29) is 11.9 Å². The second-order valence-corrected chi connectivity index (χ2v) is 6.56. The number of likely N-dealkylation sites (tertiary alicyclic amines) is 1. The summed E-state index contributed by atoms with van der Waals surface area (Å²) >= 11 is 0. The summed E-state index contributed by atoms with van der Waals surface area (Å²) in [7, 11) is 0. The summed E-state index contributed by atoms with van der Waals surface area (Å²) in [6.45, 7) is 10.5. The number of nitrogens with two attached hydrogens (primary N) is 1. The average molecular weight is 414 g/mol. The molecule has 3 rings (SSSR count). The van der Waals surface area contributed by atoms with Crippen molar-refractivity contribution in [3.63, 3.8) is 0 Å². The Bertz CT molecular complexity index is 770. The summed E-state index contributed by atoms with van der Waals surface area (Å²) in [6, 6.07) is 10.9. The quantitative estimate of drug-likeness (QED) is 0.421. The van der Waals surface area contributed by atoms with Gasteiger partial charge in [-0.15, -0.1) is 0 Å². The van der Waals surface area contributed by atoms with Crippen LogP contribution in [-0.4, -0.2) is 34.9 Å². The van der Waals surface area contributed by atoms with Crippen molar-refractivity contribution in [3.05, 3.63) is 59.4 Å². The predicted octanol–water partition coefficient (Wildman–Crippen LogP) is 2.74. The Balaban J connectivity index is 0.00000106. The molecule has 0 aliphatic carbocycles. The molecule has 0 aromatic heterocycles. The number of allylic oxidation sites excluding steroid dienone is 2. The first-order valence-corrected chi connectivity index (χ1v) is 10.6. The number of aliphatic hydroxyl groups is 1. The van der Waals surface area contributed by atoms with Crippen molar-refractivity contribution in [2.45, 2.75) is 59.5 Å². The van der Waals surface area contributed by atoms with Gasteiger partial charge in [-0.2, -0.15) is 5.26 Å². The maximum Gasteiger partial charge on any atom is 0.233 e. The Morgan fingerprint density at radius 1 is 1.30 bits per heavy atom. The highest BCUT2D eigenvalue weighted by atomic mass is 16.3. The molecule has 2 aliphatic heterocycles. The number of carbonyl (C=O) groups is 1. The van der Waals surface area contributed by atoms with Gasteiger partial charge in [-0.25, -0.2) is 0 Å². The van der Waals surface area contributed by atoms with Crippen LogP contribution in [0.2, 0.25) is 0 Å². The van der Waals surface area contributed by atoms with Crippen molar-refractivity contribution in [2.75, 3.05) is 6.54 Å². The highest BCUT2D eigenvalue weighted by molar-refractivity contribution is 5.87. The third-order valence-corrected chi connectivity index (χ3v) is 4.81. The number of amides is 1. The van der Waals surface area contributed by atoms with E-state index in [1.165, 1.54) is 4.90 Å². The fourth-order valence-corrected chi connectivity index (χ4v) is 3.35. The van der Waals surface area contributed by atoms with Gasteiger partial charge < -0.3 is 16.2 Å². The Morgan fingerprint density at radius 2 is 1.93 bits per heavy atom. The van der Waals surface area contributed by atoms with Crippen molar-refractivity contribution in [1.29, 1.82) is 5.26 Å². The molecule has 164 valence electrons. The molecule has 2 heterocycles. The van der Waals surface area contributed by atoms with E-state index in [2.05, 4.69) is 16.7 Å². The number of carbonyl (C=O) groups excluding carboxylic acids is 1. The van der Waals surface area contributed by atoms with E-state index in [0.717, 1.165) is 11.1 Å². The molecule has 2 aliphatic rings. The number of rotatable bonds is 6. The molecule has 3 unspecified atom stereocenters. The lowest BCUT2D eigenvalue weighted by atomic mass is 9.82. The van der Waals surface area contributed by atoms with Gasteiger partial charge in [-0.1, -0.05) is 64.1 Å². The molecule has 5 N–H and O–H groups in total. The Hall–Kier alpha value is -2.82. The van der Waals surface area contributed by atoms with Crippen LogP contribution in [0.25, 0.3) is 0 Å². The van der Waals surface area contributed by atoms with E-state index in [0.29, 0.717) is 18.8 Å². The molecular weight excluding hydrogens is 378 g/mol. The van der Waals surface area contributed by atoms with Crippen molar-refractivity contribution in [2.24, 2.45) is 11.7 Å². The SMILES string of the molecule is CC.CC.CC(NC(O)N1C(=O)[C@H](CC2=CCNC(N)=C2)C1C#N)c1ccccc1. The van der Waals surface area contributed by atoms with E-state index in [1.807, 2.05) is 71.0 Å². The van der Waals surface area contributed by atoms with E-state index in [9.17, 15) is 15.2 Å². The van der Waals surface area contributed by atoms with Gasteiger partial charge in [0.1, 0.15) is 6.04 Å². The van der Waals surface area contributed by atoms with Crippen LogP contribution in [0.15, 0.2) is 53.9 Å². The smallest absolute Gasteiger partial charge is 0.233 e. The summed E-state index contributed by atoms with van der Waals surface area (Å²) in [5.74, 6) is -0.141. The summed E-state index contributed by atoms with van der Waals surface area (Å²) in [5.41, 5.74) is 7.67. The van der Waals surface area contributed by atoms with Gasteiger partial charge in [-0.05, 0) is 30.6 Å². The lowest BCUT2D eigenvalue weighted by molar-refractivity contribution is -0.174. The zero-order valence-electron chi connectivity index (χ0n) is 18.6. The van der Waals surface area contributed by atoms with E-state index < -0.39 is 18.3 Å². The average Bonchev–Trinajstić information content (AvgIpc) is 2.78. The zero-order valence-corrected chi connectivity index (χ0v) is 18.6. The van der Waals surface area contributed by atoms with Crippen molar-refractivity contribution in [1.82, 2.24) is 15.5 Å². The first-order chi connectivity index (χ1) is 14.5. The Morgan fingerprint density at radius 3 is 2.50 bits per heavy atom. The minimum Gasteiger partial charge on any atom is -0.386 e. The van der Waals surface area contributed by atoms with Crippen LogP contribution >= 0.6 is 0 Å². The molecule has 0 bridgehead atoms. The van der Waals surface area contributed by atoms with E-state index in [1.54, 1.807) is 6.08 Å². The predicted molar refractivity (Wildman–Crippen MR) is 119 cm³/mol. The van der Waals surface area contributed by atoms with Gasteiger partial charge in [0.15, 0.2) is 6.35 Å². The van der Waals surface area contributed by atoms with Crippen molar-refractivity contribution < 1.29 is 9.90 Å². The summed E-state index contributed by atoms with van der Waals surface area (Å²) < 4.78 is 0. The molecule has 1 fully saturated rings. The molecule has 0 saturated carbocycles. The van der Waals surface area contributed by atoms with Gasteiger partial charge in [0.2, 0.25) is 5.91 Å². The number of nitriles is 1. The number of β-lactam (4-membered cyclic amide) rings is 1. The monoisotopic (exact) mass is 413 g/mol. The molecule has 30 heavy (non-hydrogen) atoms. The first-order valence-electron chi connectivity index (χ1n) is 10.6. The standard InChI is InChI=1S/C19H23N5O2.2C2H6/c1-12(14-5-3-2-4-6-14)23-19(26)24-16(11-20)15(18(24)25)9-13-7-8-22-17(21)10-13;2*1-2/h2-7,10,12,15-16,19,22-23,26H,8-9,21H2,1H3;2*1-2H3/t12?,15-,16?,19?;;/m1../s1. The molecule has 0 radical (unpaired) electrons. The molecule has 0 spiro atoms. The molecule has 7 heteroatoms. The number of aliphatic hydroxyl groups excluding tert-OH is 1. The maximum atomic E-state index is 12.5. The molecule has 1 aromatic rings. The summed E-state index contributed by atoms with van der Waals surface area (Å²) in [5, 5.41) is 25.8. The second-order valence-electron chi connectivity index (χ2n) is 6.56. The lowest BCUT2D eigenvalue weighted by Gasteiger charge is -2.46. The Labute approximate surface area is 180 Å². The number of hydrogen-bond acceptors (Lipinski definition) is 6. The normalized spacial score (nSPS) is 21.6. The Kier molecular flexibility index (Phi) is 10.7. The van der Waals surface area contributed by atoms with E-state index >= 15 is 0 Å². The highest BCUT2D eigenvalue weighted by Crippen LogP contribution is 2.33. The van der Waals surface area contributed by atoms with Gasteiger partial charge in [0.05, 0.1) is 17.8 Å². The fraction of sp³-hybridized carbons (Fsp3) is 0.478. The van der Waals surface area contributed by atoms with Gasteiger partial charge in [0.25, 0.3) is 0 Å². The molecule has 1 amide bonds. The number of benzene rings is 1. The highest BCUT2D eigenvalue weighted by Gasteiger charge is 2.50. The topological polar surface area (TPSA) is 114 Å². The molecular formula is C23H35N5O2. The number of nitrogens with one attached hydrogen (secondary N) is 2. The van der Waals surface area contributed by atoms with Gasteiger partial charge in [-0.3, -0.25) is 15.0 Å². The van der Waals surface area contributed by atoms with Crippen LogP contribution in [0.5, 0.6) is 0 Å². The van der Waals surface area contributed by atoms with Crippen LogP contribution < -0.4 is 16.4 Å². The van der Waals surface area contributed by atoms with Crippen molar-refractivity contribution >= 4 is 5.91 Å². The number of dihydropyridines is 1. The van der Waals surface area contributed by atoms with Crippen LogP contribution in [0.3, 0.4) is 0 Å². The molecule has 1 saturated heterocycles. The second kappa shape index (κ2) is 12.7. The fourth-order valence-electron chi connectivity index (χ4n) is 3.35. The maximum absolute atomic E-state index is 12.5. The third kappa shape index (κ3) is 6.09. The van der Waals surface area contributed by atoms with Gasteiger partial charge >= 0.3 is 0 Å². The number of nitrogens with zero attached hydrogens (tertiary/aromatic N) is 2. The molecule has 7 nitrogen and oxygen atoms in total.